The highest BCUT2D eigenvalue weighted by molar-refractivity contribution is 5.79. The lowest BCUT2D eigenvalue weighted by atomic mass is 9.77. The molecule has 0 saturated heterocycles. The number of rotatable bonds is 3. The molecule has 5 unspecified atom stereocenters. The maximum atomic E-state index is 12.5. The Morgan fingerprint density at radius 1 is 1.16 bits per heavy atom. The predicted octanol–water partition coefficient (Wildman–Crippen LogP) is 2.69. The minimum atomic E-state index is 0.172. The maximum absolute atomic E-state index is 12.5. The molecular formula is C16H30N2O. The Labute approximate surface area is 117 Å². The van der Waals surface area contributed by atoms with Crippen molar-refractivity contribution in [2.24, 2.45) is 29.4 Å². The van der Waals surface area contributed by atoms with Crippen molar-refractivity contribution in [1.82, 2.24) is 5.32 Å². The molecule has 2 saturated carbocycles. The number of carbonyl (C=O) groups is 1. The first-order valence-electron chi connectivity index (χ1n) is 8.12. The quantitative estimate of drug-likeness (QED) is 0.825. The predicted molar refractivity (Wildman–Crippen MR) is 78.6 cm³/mol. The van der Waals surface area contributed by atoms with Crippen molar-refractivity contribution in [3.8, 4) is 0 Å². The number of hydrogen-bond acceptors (Lipinski definition) is 2. The number of carbonyl (C=O) groups excluding carboxylic acids is 1. The molecule has 2 fully saturated rings. The van der Waals surface area contributed by atoms with E-state index >= 15 is 0 Å². The van der Waals surface area contributed by atoms with Crippen molar-refractivity contribution in [3.63, 3.8) is 0 Å². The molecule has 110 valence electrons. The number of amides is 1. The summed E-state index contributed by atoms with van der Waals surface area (Å²) in [6, 6.07) is 0.393. The van der Waals surface area contributed by atoms with Crippen LogP contribution in [0.1, 0.15) is 58.8 Å². The summed E-state index contributed by atoms with van der Waals surface area (Å²) < 4.78 is 0. The third-order valence-corrected chi connectivity index (χ3v) is 5.31. The van der Waals surface area contributed by atoms with Crippen molar-refractivity contribution in [1.29, 1.82) is 0 Å². The molecule has 5 atom stereocenters. The molecule has 2 aliphatic rings. The Bertz CT molecular complexity index is 305. The lowest BCUT2D eigenvalue weighted by Gasteiger charge is -2.36. The molecule has 3 heteroatoms. The zero-order chi connectivity index (χ0) is 13.8. The molecule has 0 aromatic rings. The summed E-state index contributed by atoms with van der Waals surface area (Å²) in [6.45, 7) is 5.26. The molecule has 3 N–H and O–H groups in total. The highest BCUT2D eigenvalue weighted by atomic mass is 16.2. The van der Waals surface area contributed by atoms with Crippen LogP contribution in [-0.4, -0.2) is 18.5 Å². The number of nitrogens with two attached hydrogens (primary N) is 1. The van der Waals surface area contributed by atoms with Gasteiger partial charge in [-0.1, -0.05) is 26.7 Å². The van der Waals surface area contributed by atoms with Crippen molar-refractivity contribution in [3.05, 3.63) is 0 Å². The molecule has 3 nitrogen and oxygen atoms in total. The molecule has 0 bridgehead atoms. The van der Waals surface area contributed by atoms with Gasteiger partial charge >= 0.3 is 0 Å². The van der Waals surface area contributed by atoms with Crippen LogP contribution in [0.15, 0.2) is 0 Å². The van der Waals surface area contributed by atoms with Crippen molar-refractivity contribution >= 4 is 5.91 Å². The van der Waals surface area contributed by atoms with Crippen LogP contribution in [0.3, 0.4) is 0 Å². The van der Waals surface area contributed by atoms with Crippen LogP contribution in [0.4, 0.5) is 0 Å². The van der Waals surface area contributed by atoms with E-state index in [1.54, 1.807) is 0 Å². The molecule has 0 aliphatic heterocycles. The summed E-state index contributed by atoms with van der Waals surface area (Å²) in [5, 5.41) is 3.33. The molecule has 0 spiro atoms. The van der Waals surface area contributed by atoms with Crippen molar-refractivity contribution in [2.75, 3.05) is 6.54 Å². The van der Waals surface area contributed by atoms with Crippen LogP contribution < -0.4 is 11.1 Å². The van der Waals surface area contributed by atoms with Gasteiger partial charge in [0.1, 0.15) is 0 Å². The van der Waals surface area contributed by atoms with Gasteiger partial charge in [-0.05, 0) is 56.4 Å². The largest absolute Gasteiger partial charge is 0.353 e. The fourth-order valence-electron chi connectivity index (χ4n) is 4.00. The Morgan fingerprint density at radius 2 is 1.89 bits per heavy atom. The van der Waals surface area contributed by atoms with Crippen molar-refractivity contribution < 1.29 is 4.79 Å². The third-order valence-electron chi connectivity index (χ3n) is 5.31. The first-order valence-corrected chi connectivity index (χ1v) is 8.12. The van der Waals surface area contributed by atoms with Gasteiger partial charge in [0.15, 0.2) is 0 Å². The topological polar surface area (TPSA) is 55.1 Å². The minimum absolute atomic E-state index is 0.172. The highest BCUT2D eigenvalue weighted by Gasteiger charge is 2.33. The van der Waals surface area contributed by atoms with Gasteiger partial charge in [0.2, 0.25) is 5.91 Å². The first kappa shape index (κ1) is 14.8. The van der Waals surface area contributed by atoms with E-state index in [0.717, 1.165) is 25.2 Å². The van der Waals surface area contributed by atoms with Crippen LogP contribution >= 0.6 is 0 Å². The molecular weight excluding hydrogens is 236 g/mol. The highest BCUT2D eigenvalue weighted by Crippen LogP contribution is 2.32. The van der Waals surface area contributed by atoms with E-state index in [2.05, 4.69) is 19.2 Å². The fraction of sp³-hybridized carbons (Fsp3) is 0.938. The molecule has 0 radical (unpaired) electrons. The van der Waals surface area contributed by atoms with Crippen LogP contribution in [0.25, 0.3) is 0 Å². The van der Waals surface area contributed by atoms with Gasteiger partial charge in [-0.15, -0.1) is 0 Å². The molecule has 2 aliphatic carbocycles. The number of hydrogen-bond donors (Lipinski definition) is 2. The smallest absolute Gasteiger partial charge is 0.223 e. The van der Waals surface area contributed by atoms with E-state index in [-0.39, 0.29) is 11.8 Å². The second-order valence-electron chi connectivity index (χ2n) is 6.90. The minimum Gasteiger partial charge on any atom is -0.353 e. The number of nitrogens with one attached hydrogen (secondary N) is 1. The first-order chi connectivity index (χ1) is 9.11. The van der Waals surface area contributed by atoms with Crippen molar-refractivity contribution in [2.45, 2.75) is 64.8 Å². The second kappa shape index (κ2) is 6.74. The van der Waals surface area contributed by atoms with E-state index in [1.807, 2.05) is 0 Å². The summed E-state index contributed by atoms with van der Waals surface area (Å²) >= 11 is 0. The van der Waals surface area contributed by atoms with Gasteiger partial charge in [0.25, 0.3) is 0 Å². The van der Waals surface area contributed by atoms with Crippen LogP contribution in [-0.2, 0) is 4.79 Å². The Kier molecular flexibility index (Phi) is 5.26. The maximum Gasteiger partial charge on any atom is 0.223 e. The van der Waals surface area contributed by atoms with Gasteiger partial charge in [-0.2, -0.15) is 0 Å². The van der Waals surface area contributed by atoms with Gasteiger partial charge in [0.05, 0.1) is 0 Å². The van der Waals surface area contributed by atoms with E-state index in [4.69, 9.17) is 5.73 Å². The normalized spacial score (nSPS) is 39.8. The fourth-order valence-corrected chi connectivity index (χ4v) is 4.00. The molecule has 2 rings (SSSR count). The molecule has 19 heavy (non-hydrogen) atoms. The molecule has 0 aromatic heterocycles. The van der Waals surface area contributed by atoms with Crippen LogP contribution in [0.5, 0.6) is 0 Å². The standard InChI is InChI=1S/C16H30N2O/c1-11-7-8-15(12(2)9-11)18-16(19)14-6-4-3-5-13(14)10-17/h11-15H,3-10,17H2,1-2H3,(H,18,19). The van der Waals surface area contributed by atoms with E-state index < -0.39 is 0 Å². The summed E-state index contributed by atoms with van der Waals surface area (Å²) in [6.07, 6.45) is 8.23. The molecule has 0 heterocycles. The summed E-state index contributed by atoms with van der Waals surface area (Å²) in [4.78, 5) is 12.5. The van der Waals surface area contributed by atoms with Gasteiger partial charge in [-0.25, -0.2) is 0 Å². The summed E-state index contributed by atoms with van der Waals surface area (Å²) in [5.41, 5.74) is 5.83. The van der Waals surface area contributed by atoms with Crippen LogP contribution in [0, 0.1) is 23.7 Å². The van der Waals surface area contributed by atoms with E-state index in [1.165, 1.54) is 25.7 Å². The lowest BCUT2D eigenvalue weighted by Crippen LogP contribution is -2.47. The Hall–Kier alpha value is -0.570. The van der Waals surface area contributed by atoms with Crippen LogP contribution in [0.2, 0.25) is 0 Å². The monoisotopic (exact) mass is 266 g/mol. The summed E-state index contributed by atoms with van der Waals surface area (Å²) in [5.74, 6) is 2.29. The van der Waals surface area contributed by atoms with Gasteiger partial charge in [-0.3, -0.25) is 4.79 Å². The average Bonchev–Trinajstić information content (AvgIpc) is 2.41. The zero-order valence-corrected chi connectivity index (χ0v) is 12.5. The Balaban J connectivity index is 1.89. The lowest BCUT2D eigenvalue weighted by molar-refractivity contribution is -0.129. The Morgan fingerprint density at radius 3 is 2.58 bits per heavy atom. The summed E-state index contributed by atoms with van der Waals surface area (Å²) in [7, 11) is 0. The zero-order valence-electron chi connectivity index (χ0n) is 12.5. The average molecular weight is 266 g/mol. The second-order valence-corrected chi connectivity index (χ2v) is 6.90. The van der Waals surface area contributed by atoms with E-state index in [0.29, 0.717) is 24.4 Å². The third kappa shape index (κ3) is 3.71. The van der Waals surface area contributed by atoms with E-state index in [9.17, 15) is 4.79 Å². The molecule has 1 amide bonds. The van der Waals surface area contributed by atoms with Gasteiger partial charge < -0.3 is 11.1 Å². The van der Waals surface area contributed by atoms with Gasteiger partial charge in [0, 0.05) is 12.0 Å². The SMILES string of the molecule is CC1CCC(NC(=O)C2CCCCC2CN)C(C)C1. The molecule has 0 aromatic carbocycles.